The van der Waals surface area contributed by atoms with E-state index in [9.17, 15) is 4.79 Å². The van der Waals surface area contributed by atoms with Gasteiger partial charge < -0.3 is 14.2 Å². The Labute approximate surface area is 191 Å². The SMILES string of the molecule is COC(=O)c1c(-c2cccnc2OCc2ccccc2)cc(C(C)(C)C)c(OC)c1Br. The molecule has 31 heavy (non-hydrogen) atoms. The normalized spacial score (nSPS) is 11.2. The lowest BCUT2D eigenvalue weighted by Gasteiger charge is -2.26. The molecule has 0 spiro atoms. The van der Waals surface area contributed by atoms with Crippen LogP contribution in [0.25, 0.3) is 11.1 Å². The molecule has 0 radical (unpaired) electrons. The fraction of sp³-hybridized carbons (Fsp3) is 0.280. The third-order valence-electron chi connectivity index (χ3n) is 4.90. The molecule has 1 heterocycles. The largest absolute Gasteiger partial charge is 0.495 e. The Morgan fingerprint density at radius 3 is 2.35 bits per heavy atom. The van der Waals surface area contributed by atoms with Crippen molar-refractivity contribution in [2.45, 2.75) is 32.8 Å². The van der Waals surface area contributed by atoms with E-state index >= 15 is 0 Å². The van der Waals surface area contributed by atoms with Crippen LogP contribution in [0.4, 0.5) is 0 Å². The number of hydrogen-bond donors (Lipinski definition) is 0. The van der Waals surface area contributed by atoms with Crippen molar-refractivity contribution < 1.29 is 19.0 Å². The van der Waals surface area contributed by atoms with Crippen LogP contribution in [0.3, 0.4) is 0 Å². The lowest BCUT2D eigenvalue weighted by molar-refractivity contribution is 0.0600. The second-order valence-electron chi connectivity index (χ2n) is 8.07. The second kappa shape index (κ2) is 9.52. The van der Waals surface area contributed by atoms with E-state index < -0.39 is 5.97 Å². The molecule has 0 N–H and O–H groups in total. The monoisotopic (exact) mass is 483 g/mol. The molecule has 3 rings (SSSR count). The van der Waals surface area contributed by atoms with Crippen LogP contribution >= 0.6 is 15.9 Å². The standard InChI is InChI=1S/C25H26BrNO4/c1-25(2,3)19-14-18(20(24(28)30-5)21(26)22(19)29-4)17-12-9-13-27-23(17)31-15-16-10-7-6-8-11-16/h6-14H,15H2,1-5H3. The highest BCUT2D eigenvalue weighted by Crippen LogP contribution is 2.45. The fourth-order valence-corrected chi connectivity index (χ4v) is 4.09. The average molecular weight is 484 g/mol. The Bertz CT molecular complexity index is 1070. The Balaban J connectivity index is 2.20. The molecule has 0 saturated carbocycles. The molecule has 3 aromatic rings. The van der Waals surface area contributed by atoms with Crippen LogP contribution in [-0.4, -0.2) is 25.2 Å². The van der Waals surface area contributed by atoms with Crippen LogP contribution in [0.1, 0.15) is 42.3 Å². The molecule has 0 fully saturated rings. The number of carbonyl (C=O) groups is 1. The molecule has 1 aromatic heterocycles. The van der Waals surface area contributed by atoms with Gasteiger partial charge in [-0.1, -0.05) is 51.1 Å². The zero-order valence-electron chi connectivity index (χ0n) is 18.4. The van der Waals surface area contributed by atoms with E-state index in [0.717, 1.165) is 11.1 Å². The summed E-state index contributed by atoms with van der Waals surface area (Å²) in [6.45, 7) is 6.64. The summed E-state index contributed by atoms with van der Waals surface area (Å²) in [5, 5.41) is 0. The molecule has 0 saturated heterocycles. The molecule has 0 atom stereocenters. The van der Waals surface area contributed by atoms with Crippen molar-refractivity contribution in [1.29, 1.82) is 0 Å². The first-order valence-electron chi connectivity index (χ1n) is 9.89. The molecule has 2 aromatic carbocycles. The number of esters is 1. The van der Waals surface area contributed by atoms with Crippen LogP contribution in [0.15, 0.2) is 59.2 Å². The van der Waals surface area contributed by atoms with E-state index in [1.54, 1.807) is 13.3 Å². The quantitative estimate of drug-likeness (QED) is 0.391. The van der Waals surface area contributed by atoms with Gasteiger partial charge in [0.1, 0.15) is 12.4 Å². The molecule has 5 nitrogen and oxygen atoms in total. The van der Waals surface area contributed by atoms with E-state index in [1.165, 1.54) is 7.11 Å². The maximum atomic E-state index is 12.8. The Hall–Kier alpha value is -2.86. The number of pyridine rings is 1. The first-order valence-corrected chi connectivity index (χ1v) is 10.7. The molecular formula is C25H26BrNO4. The summed E-state index contributed by atoms with van der Waals surface area (Å²) in [6, 6.07) is 15.5. The van der Waals surface area contributed by atoms with Crippen molar-refractivity contribution in [3.63, 3.8) is 0 Å². The zero-order chi connectivity index (χ0) is 22.6. The van der Waals surface area contributed by atoms with Gasteiger partial charge in [0.2, 0.25) is 5.88 Å². The van der Waals surface area contributed by atoms with Crippen LogP contribution in [0.2, 0.25) is 0 Å². The van der Waals surface area contributed by atoms with Gasteiger partial charge in [0, 0.05) is 22.9 Å². The summed E-state index contributed by atoms with van der Waals surface area (Å²) in [7, 11) is 2.95. The third-order valence-corrected chi connectivity index (χ3v) is 5.66. The second-order valence-corrected chi connectivity index (χ2v) is 8.86. The molecule has 162 valence electrons. The smallest absolute Gasteiger partial charge is 0.339 e. The van der Waals surface area contributed by atoms with E-state index in [2.05, 4.69) is 41.7 Å². The number of halogens is 1. The lowest BCUT2D eigenvalue weighted by atomic mass is 9.83. The van der Waals surface area contributed by atoms with Crippen LogP contribution in [0, 0.1) is 0 Å². The summed E-state index contributed by atoms with van der Waals surface area (Å²) in [5.74, 6) is 0.569. The maximum absolute atomic E-state index is 12.8. The fourth-order valence-electron chi connectivity index (χ4n) is 3.34. The van der Waals surface area contributed by atoms with Crippen molar-refractivity contribution in [1.82, 2.24) is 4.98 Å². The Morgan fingerprint density at radius 2 is 1.74 bits per heavy atom. The lowest BCUT2D eigenvalue weighted by Crippen LogP contribution is -2.16. The first-order chi connectivity index (χ1) is 14.8. The number of benzene rings is 2. The van der Waals surface area contributed by atoms with Gasteiger partial charge in [-0.2, -0.15) is 0 Å². The predicted molar refractivity (Wildman–Crippen MR) is 125 cm³/mol. The molecule has 0 aliphatic heterocycles. The summed E-state index contributed by atoms with van der Waals surface area (Å²) in [5.41, 5.74) is 3.48. The predicted octanol–water partition coefficient (Wildman–Crippen LogP) is 6.18. The number of methoxy groups -OCH3 is 2. The van der Waals surface area contributed by atoms with Crippen molar-refractivity contribution in [3.8, 4) is 22.8 Å². The minimum Gasteiger partial charge on any atom is -0.495 e. The van der Waals surface area contributed by atoms with Gasteiger partial charge in [-0.05, 0) is 45.1 Å². The highest BCUT2D eigenvalue weighted by Gasteiger charge is 2.29. The summed E-state index contributed by atoms with van der Waals surface area (Å²) in [6.07, 6.45) is 1.67. The van der Waals surface area contributed by atoms with Crippen molar-refractivity contribution in [2.75, 3.05) is 14.2 Å². The number of aromatic nitrogens is 1. The Kier molecular flexibility index (Phi) is 7.01. The number of carbonyl (C=O) groups excluding carboxylic acids is 1. The molecule has 0 aliphatic carbocycles. The van der Waals surface area contributed by atoms with Gasteiger partial charge in [-0.25, -0.2) is 9.78 Å². The average Bonchev–Trinajstić information content (AvgIpc) is 2.76. The summed E-state index contributed by atoms with van der Waals surface area (Å²) >= 11 is 3.59. The van der Waals surface area contributed by atoms with Crippen LogP contribution in [0.5, 0.6) is 11.6 Å². The highest BCUT2D eigenvalue weighted by molar-refractivity contribution is 9.10. The van der Waals surface area contributed by atoms with Crippen LogP contribution < -0.4 is 9.47 Å². The van der Waals surface area contributed by atoms with E-state index in [-0.39, 0.29) is 5.41 Å². The number of hydrogen-bond acceptors (Lipinski definition) is 5. The third kappa shape index (κ3) is 4.90. The van der Waals surface area contributed by atoms with E-state index in [0.29, 0.717) is 39.4 Å². The maximum Gasteiger partial charge on any atom is 0.339 e. The molecular weight excluding hydrogens is 458 g/mol. The van der Waals surface area contributed by atoms with Crippen molar-refractivity contribution >= 4 is 21.9 Å². The van der Waals surface area contributed by atoms with Gasteiger partial charge in [-0.3, -0.25) is 0 Å². The minimum absolute atomic E-state index is 0.232. The van der Waals surface area contributed by atoms with Crippen molar-refractivity contribution in [3.05, 3.63) is 75.9 Å². The van der Waals surface area contributed by atoms with E-state index in [1.807, 2.05) is 48.5 Å². The first kappa shape index (κ1) is 22.8. The number of ether oxygens (including phenoxy) is 3. The van der Waals surface area contributed by atoms with Crippen molar-refractivity contribution in [2.24, 2.45) is 0 Å². The van der Waals surface area contributed by atoms with Gasteiger partial charge in [0.05, 0.1) is 24.3 Å². The molecule has 0 amide bonds. The molecule has 0 bridgehead atoms. The minimum atomic E-state index is -0.474. The van der Waals surface area contributed by atoms with Gasteiger partial charge >= 0.3 is 5.97 Å². The topological polar surface area (TPSA) is 57.7 Å². The van der Waals surface area contributed by atoms with E-state index in [4.69, 9.17) is 14.2 Å². The number of rotatable bonds is 6. The summed E-state index contributed by atoms with van der Waals surface area (Å²) < 4.78 is 17.4. The van der Waals surface area contributed by atoms with Gasteiger partial charge in [-0.15, -0.1) is 0 Å². The number of nitrogens with zero attached hydrogens (tertiary/aromatic N) is 1. The zero-order valence-corrected chi connectivity index (χ0v) is 19.9. The van der Waals surface area contributed by atoms with Gasteiger partial charge in [0.25, 0.3) is 0 Å². The summed E-state index contributed by atoms with van der Waals surface area (Å²) in [4.78, 5) is 17.2. The van der Waals surface area contributed by atoms with Gasteiger partial charge in [0.15, 0.2) is 0 Å². The Morgan fingerprint density at radius 1 is 1.03 bits per heavy atom. The highest BCUT2D eigenvalue weighted by atomic mass is 79.9. The molecule has 0 aliphatic rings. The molecule has 0 unspecified atom stereocenters. The molecule has 6 heteroatoms. The van der Waals surface area contributed by atoms with Crippen LogP contribution in [-0.2, 0) is 16.8 Å².